The number of carbonyl (C=O) groups excluding carboxylic acids is 1. The molecule has 19 nitrogen and oxygen atoms in total. The van der Waals surface area contributed by atoms with Crippen LogP contribution in [0.1, 0.15) is 86.6 Å². The highest BCUT2D eigenvalue weighted by atomic mass is 80.0. The summed E-state index contributed by atoms with van der Waals surface area (Å²) < 4.78 is 77.1. The van der Waals surface area contributed by atoms with Gasteiger partial charge in [-0.2, -0.15) is 0 Å². The highest BCUT2D eigenvalue weighted by molar-refractivity contribution is 9.93. The van der Waals surface area contributed by atoms with Crippen molar-refractivity contribution in [1.82, 2.24) is 0 Å². The minimum Gasteiger partial charge on any atom is -0.497 e. The van der Waals surface area contributed by atoms with Crippen molar-refractivity contribution in [1.29, 1.82) is 0 Å². The number of benzene rings is 6. The van der Waals surface area contributed by atoms with Gasteiger partial charge in [-0.15, -0.1) is 0 Å². The molecule has 6 aromatic rings. The topological polar surface area (TPSA) is 210 Å². The molecule has 0 fully saturated rings. The van der Waals surface area contributed by atoms with Crippen molar-refractivity contribution in [3.8, 4) is 57.5 Å². The van der Waals surface area contributed by atoms with Crippen LogP contribution in [-0.2, 0) is 40.9 Å². The molecule has 1 atom stereocenters. The summed E-state index contributed by atoms with van der Waals surface area (Å²) in [6, 6.07) is 37.7. The first-order valence-electron chi connectivity index (χ1n) is 28.5. The number of aliphatic hydroxyl groups excluding tert-OH is 1. The van der Waals surface area contributed by atoms with Crippen LogP contribution in [0.15, 0.2) is 121 Å². The van der Waals surface area contributed by atoms with Gasteiger partial charge in [-0.05, 0) is 207 Å². The van der Waals surface area contributed by atoms with E-state index in [1.165, 1.54) is 5.56 Å². The third kappa shape index (κ3) is 46.4. The Kier molecular flexibility index (Phi) is 62.1. The van der Waals surface area contributed by atoms with Crippen molar-refractivity contribution in [3.05, 3.63) is 165 Å². The van der Waals surface area contributed by atoms with E-state index in [2.05, 4.69) is 69.3 Å². The maximum absolute atomic E-state index is 10.2. The van der Waals surface area contributed by atoms with E-state index in [1.807, 2.05) is 133 Å². The first kappa shape index (κ1) is 91.5. The Bertz CT molecular complexity index is 2530. The summed E-state index contributed by atoms with van der Waals surface area (Å²) in [7, 11) is 14.9. The second-order valence-corrected chi connectivity index (χ2v) is 36.2. The average Bonchev–Trinajstić information content (AvgIpc) is 2.18. The second kappa shape index (κ2) is 62.4. The van der Waals surface area contributed by atoms with Gasteiger partial charge in [0.2, 0.25) is 0 Å². The highest BCUT2D eigenvalue weighted by Crippen LogP contribution is 2.59. The van der Waals surface area contributed by atoms with Crippen LogP contribution in [0.5, 0.6) is 57.5 Å². The second-order valence-electron chi connectivity index (χ2n) is 16.9. The van der Waals surface area contributed by atoms with E-state index >= 15 is 0 Å². The molecule has 0 heterocycles. The zero-order chi connectivity index (χ0) is 69.9. The Morgan fingerprint density at radius 2 is 0.674 bits per heavy atom. The highest BCUT2D eigenvalue weighted by Gasteiger charge is 2.11. The summed E-state index contributed by atoms with van der Waals surface area (Å²) in [6.07, 6.45) is 6.88. The smallest absolute Gasteiger partial charge is 0.332 e. The summed E-state index contributed by atoms with van der Waals surface area (Å²) in [6.45, 7) is 18.3. The molecular weight excluding hydrogens is 1510 g/mol. The van der Waals surface area contributed by atoms with Gasteiger partial charge >= 0.3 is 8.60 Å². The Labute approximate surface area is 583 Å². The summed E-state index contributed by atoms with van der Waals surface area (Å²) >= 11 is 12.9. The summed E-state index contributed by atoms with van der Waals surface area (Å²) in [5, 5.41) is 9.67. The van der Waals surface area contributed by atoms with E-state index in [9.17, 15) is 4.79 Å². The zero-order valence-electron chi connectivity index (χ0n) is 56.0. The van der Waals surface area contributed by atoms with Crippen molar-refractivity contribution in [3.63, 3.8) is 0 Å². The molecule has 0 aliphatic carbocycles. The van der Waals surface area contributed by atoms with Crippen LogP contribution in [0.2, 0.25) is 0 Å². The molecule has 26 heteroatoms. The number of aldehydes is 1. The van der Waals surface area contributed by atoms with Crippen LogP contribution >= 0.6 is 83.2 Å². The third-order valence-electron chi connectivity index (χ3n) is 10.9. The third-order valence-corrected chi connectivity index (χ3v) is 15.0. The number of ether oxygens (including phenoxy) is 11. The molecule has 92 heavy (non-hydrogen) atoms. The number of methoxy groups -OCH3 is 10. The fourth-order valence-electron chi connectivity index (χ4n) is 6.64. The van der Waals surface area contributed by atoms with Crippen LogP contribution in [0, 0.1) is 9.93 Å². The molecule has 0 amide bonds. The number of hydrogen-bond donors (Lipinski definition) is 1. The van der Waals surface area contributed by atoms with E-state index in [1.54, 1.807) is 114 Å². The monoisotopic (exact) mass is 1600 g/mol. The van der Waals surface area contributed by atoms with Crippen LogP contribution < -0.4 is 47.4 Å². The fraction of sp³-hybridized carbons (Fsp3) is 0.409. The van der Waals surface area contributed by atoms with Gasteiger partial charge in [0.25, 0.3) is 0 Å². The average molecular weight is 1610 g/mol. The molecule has 0 saturated heterocycles. The lowest BCUT2D eigenvalue weighted by Crippen LogP contribution is -1.94. The van der Waals surface area contributed by atoms with Gasteiger partial charge in [-0.1, -0.05) is 47.1 Å². The van der Waals surface area contributed by atoms with E-state index < -0.39 is 8.60 Å². The fourth-order valence-corrected chi connectivity index (χ4v) is 9.27. The number of alkyl halides is 1. The molecule has 0 radical (unpaired) electrons. The van der Waals surface area contributed by atoms with Crippen molar-refractivity contribution in [2.24, 2.45) is 0 Å². The summed E-state index contributed by atoms with van der Waals surface area (Å²) in [5.41, 5.74) is 5.94. The molecule has 0 aliphatic rings. The zero-order valence-corrected chi connectivity index (χ0v) is 65.0. The first-order chi connectivity index (χ1) is 44.4. The molecule has 0 saturated carbocycles. The number of aliphatic hydroxyl groups is 1. The van der Waals surface area contributed by atoms with Gasteiger partial charge in [0.05, 0.1) is 97.5 Å². The normalized spacial score (nSPS) is 10.1. The van der Waals surface area contributed by atoms with Gasteiger partial charge < -0.3 is 75.3 Å². The molecule has 6 rings (SSSR count). The van der Waals surface area contributed by atoms with Crippen LogP contribution in [0.25, 0.3) is 12.2 Å². The SMILES string of the molecule is BrP(Br)Br.CCOCC.CCOP(CC)Cc1cc(OC)cc(OC)c1.CCOP(OCC)OCC.COc1cc(CBr)cc(OC)c1.COc1cc(CO)cc(OC)c1.COc1ccc(/C=C/c2cc(OC)cc(OC)c2)cc1.COc1ccc(C=O)cc1.O=O. The lowest BCUT2D eigenvalue weighted by atomic mass is 10.1. The number of hydrogen-bond acceptors (Lipinski definition) is 19. The van der Waals surface area contributed by atoms with Crippen molar-refractivity contribution in [2.45, 2.75) is 66.6 Å². The Morgan fingerprint density at radius 1 is 0.380 bits per heavy atom. The lowest BCUT2D eigenvalue weighted by Gasteiger charge is -2.16. The summed E-state index contributed by atoms with van der Waals surface area (Å²) in [4.78, 5) is 24.2. The maximum atomic E-state index is 10.2. The van der Waals surface area contributed by atoms with Crippen molar-refractivity contribution in [2.75, 3.05) is 117 Å². The quantitative estimate of drug-likeness (QED) is 0.0209. The standard InChI is InChI=1S/C17H18O3.C13H21O3P.C9H11BrO2.C9H12O3.C8H8O2.C6H15O3P.C4H10O.Br3P.O2/c1-18-15-8-6-13(7-9-15)4-5-14-10-16(19-2)12-17(11-14)20-3;1-5-16-17(6-2)10-11-7-12(14-3)9-13(8-11)15-4;2*1-11-8-3-7(6-10)4-9(5-8)12-2;1-10-8-4-2-7(6-9)3-5-8;1-4-7-10(8-5-2)9-6-3;1-3-5-4-2;1-4(2)3;1-2/h4-12H,1-3H3;7-9H,5-6,10H2,1-4H3;3-5H,6H2,1-2H3;3-5,10H,6H2,1-2H3;2-6H,1H3;4-6H2,1-3H3;3-4H2,1-2H3;;/b5-4+;;;;;;;;. The molecule has 516 valence electrons. The van der Waals surface area contributed by atoms with Gasteiger partial charge in [-0.3, -0.25) is 4.79 Å². The Morgan fingerprint density at radius 3 is 0.935 bits per heavy atom. The summed E-state index contributed by atoms with van der Waals surface area (Å²) in [5.74, 6) is 7.88. The molecule has 1 N–H and O–H groups in total. The number of carbonyl (C=O) groups is 1. The minimum absolute atomic E-state index is 0.00639. The molecule has 1 unspecified atom stereocenters. The predicted octanol–water partition coefficient (Wildman–Crippen LogP) is 19.7. The molecule has 0 aliphatic heterocycles. The van der Waals surface area contributed by atoms with Crippen LogP contribution in [0.4, 0.5) is 0 Å². The van der Waals surface area contributed by atoms with Gasteiger partial charge in [0.15, 0.2) is 0 Å². The maximum Gasteiger partial charge on any atom is 0.332 e. The number of halogens is 4. The van der Waals surface area contributed by atoms with E-state index in [0.717, 1.165) is 112 Å². The Hall–Kier alpha value is -4.70. The van der Waals surface area contributed by atoms with E-state index in [4.69, 9.17) is 85.2 Å². The minimum atomic E-state index is -1.06. The van der Waals surface area contributed by atoms with Gasteiger partial charge in [-0.25, -0.2) is 0 Å². The predicted molar refractivity (Wildman–Crippen MR) is 394 cm³/mol. The van der Waals surface area contributed by atoms with Crippen molar-refractivity contribution < 1.29 is 80.1 Å². The largest absolute Gasteiger partial charge is 0.497 e. The van der Waals surface area contributed by atoms with Gasteiger partial charge in [0.1, 0.15) is 67.8 Å². The van der Waals surface area contributed by atoms with E-state index in [-0.39, 0.29) is 18.8 Å². The van der Waals surface area contributed by atoms with Crippen LogP contribution in [-0.4, -0.2) is 128 Å². The van der Waals surface area contributed by atoms with Crippen LogP contribution in [0.3, 0.4) is 0 Å². The first-order valence-corrected chi connectivity index (χ1v) is 39.7. The lowest BCUT2D eigenvalue weighted by molar-refractivity contribution is 0.112. The molecule has 0 bridgehead atoms. The number of rotatable bonds is 28. The molecule has 0 aromatic heterocycles. The Balaban J connectivity index is -0.00000102. The van der Waals surface area contributed by atoms with Gasteiger partial charge in [0, 0.05) is 79.2 Å². The van der Waals surface area contributed by atoms with Crippen molar-refractivity contribution >= 4 is 102 Å². The molecule has 0 spiro atoms. The molecule has 6 aromatic carbocycles. The molecular formula is C66H95Br4O19P3. The van der Waals surface area contributed by atoms with E-state index in [0.29, 0.717) is 36.9 Å².